The number of carbonyl (C=O) groups is 2. The number of amides is 2. The molecule has 2 fully saturated rings. The van der Waals surface area contributed by atoms with Crippen LogP contribution >= 0.6 is 0 Å². The van der Waals surface area contributed by atoms with Crippen LogP contribution in [0.15, 0.2) is 29.2 Å². The lowest BCUT2D eigenvalue weighted by Crippen LogP contribution is -2.49. The van der Waals surface area contributed by atoms with Gasteiger partial charge in [-0.15, -0.1) is 0 Å². The molecule has 2 amide bonds. The van der Waals surface area contributed by atoms with Crippen LogP contribution in [0.1, 0.15) is 19.3 Å². The number of nitrogens with zero attached hydrogens (tertiary/aromatic N) is 3. The first-order valence-corrected chi connectivity index (χ1v) is 7.71. The predicted molar refractivity (Wildman–Crippen MR) is 81.2 cm³/mol. The SMILES string of the molecule is CN1CCC[C@@]2(CCN(C(=O)Cn3ccccc3=O)C2)C1=O. The summed E-state index contributed by atoms with van der Waals surface area (Å²) in [6.45, 7) is 1.92. The molecule has 0 saturated carbocycles. The molecule has 1 aromatic heterocycles. The van der Waals surface area contributed by atoms with E-state index in [1.807, 2.05) is 7.05 Å². The average molecular weight is 303 g/mol. The van der Waals surface area contributed by atoms with Gasteiger partial charge in [-0.1, -0.05) is 6.07 Å². The summed E-state index contributed by atoms with van der Waals surface area (Å²) < 4.78 is 1.40. The fourth-order valence-electron chi connectivity index (χ4n) is 3.57. The van der Waals surface area contributed by atoms with Crippen LogP contribution < -0.4 is 5.56 Å². The third-order valence-corrected chi connectivity index (χ3v) is 4.86. The number of rotatable bonds is 2. The zero-order chi connectivity index (χ0) is 15.7. The molecule has 0 aliphatic carbocycles. The Morgan fingerprint density at radius 1 is 1.23 bits per heavy atom. The van der Waals surface area contributed by atoms with Gasteiger partial charge >= 0.3 is 0 Å². The van der Waals surface area contributed by atoms with E-state index in [0.717, 1.165) is 25.8 Å². The summed E-state index contributed by atoms with van der Waals surface area (Å²) >= 11 is 0. The zero-order valence-electron chi connectivity index (χ0n) is 12.8. The van der Waals surface area contributed by atoms with Crippen molar-refractivity contribution in [2.75, 3.05) is 26.7 Å². The van der Waals surface area contributed by atoms with Crippen molar-refractivity contribution < 1.29 is 9.59 Å². The summed E-state index contributed by atoms with van der Waals surface area (Å²) in [5, 5.41) is 0. The Kier molecular flexibility index (Phi) is 3.76. The molecule has 0 radical (unpaired) electrons. The van der Waals surface area contributed by atoms with Gasteiger partial charge in [-0.2, -0.15) is 0 Å². The van der Waals surface area contributed by atoms with Crippen LogP contribution in [0.5, 0.6) is 0 Å². The van der Waals surface area contributed by atoms with Gasteiger partial charge in [0.1, 0.15) is 6.54 Å². The van der Waals surface area contributed by atoms with E-state index in [1.54, 1.807) is 28.1 Å². The third-order valence-electron chi connectivity index (χ3n) is 4.86. The molecule has 1 aromatic rings. The van der Waals surface area contributed by atoms with Gasteiger partial charge in [0.25, 0.3) is 5.56 Å². The highest BCUT2D eigenvalue weighted by Gasteiger charge is 2.48. The molecule has 6 nitrogen and oxygen atoms in total. The number of aromatic nitrogens is 1. The van der Waals surface area contributed by atoms with Crippen LogP contribution in [0.2, 0.25) is 0 Å². The van der Waals surface area contributed by atoms with Gasteiger partial charge in [0.15, 0.2) is 0 Å². The van der Waals surface area contributed by atoms with Crippen LogP contribution in [-0.2, 0) is 16.1 Å². The van der Waals surface area contributed by atoms with Crippen molar-refractivity contribution >= 4 is 11.8 Å². The molecule has 3 rings (SSSR count). The highest BCUT2D eigenvalue weighted by Crippen LogP contribution is 2.39. The van der Waals surface area contributed by atoms with Gasteiger partial charge in [0, 0.05) is 38.9 Å². The summed E-state index contributed by atoms with van der Waals surface area (Å²) in [4.78, 5) is 40.1. The smallest absolute Gasteiger partial charge is 0.250 e. The highest BCUT2D eigenvalue weighted by molar-refractivity contribution is 5.85. The van der Waals surface area contributed by atoms with Gasteiger partial charge in [-0.05, 0) is 25.3 Å². The summed E-state index contributed by atoms with van der Waals surface area (Å²) in [6, 6.07) is 4.84. The van der Waals surface area contributed by atoms with E-state index in [4.69, 9.17) is 0 Å². The second-order valence-electron chi connectivity index (χ2n) is 6.34. The number of pyridine rings is 1. The molecule has 118 valence electrons. The largest absolute Gasteiger partial charge is 0.345 e. The molecule has 2 saturated heterocycles. The van der Waals surface area contributed by atoms with E-state index in [9.17, 15) is 14.4 Å². The molecule has 22 heavy (non-hydrogen) atoms. The first kappa shape index (κ1) is 14.8. The van der Waals surface area contributed by atoms with Gasteiger partial charge in [0.05, 0.1) is 5.41 Å². The minimum atomic E-state index is -0.399. The van der Waals surface area contributed by atoms with Crippen molar-refractivity contribution in [3.8, 4) is 0 Å². The lowest BCUT2D eigenvalue weighted by atomic mass is 9.78. The van der Waals surface area contributed by atoms with Crippen LogP contribution in [0.4, 0.5) is 0 Å². The quantitative estimate of drug-likeness (QED) is 0.790. The second kappa shape index (κ2) is 5.59. The second-order valence-corrected chi connectivity index (χ2v) is 6.34. The third kappa shape index (κ3) is 2.53. The molecule has 0 bridgehead atoms. The maximum absolute atomic E-state index is 12.5. The summed E-state index contributed by atoms with van der Waals surface area (Å²) in [5.74, 6) is 0.0668. The van der Waals surface area contributed by atoms with Crippen molar-refractivity contribution in [2.24, 2.45) is 5.41 Å². The molecular formula is C16H21N3O3. The number of likely N-dealkylation sites (tertiary alicyclic amines) is 2. The Morgan fingerprint density at radius 3 is 2.82 bits per heavy atom. The van der Waals surface area contributed by atoms with Crippen molar-refractivity contribution in [3.05, 3.63) is 34.7 Å². The minimum Gasteiger partial charge on any atom is -0.345 e. The molecule has 6 heteroatoms. The lowest BCUT2D eigenvalue weighted by Gasteiger charge is -2.37. The normalized spacial score (nSPS) is 25.0. The van der Waals surface area contributed by atoms with E-state index in [0.29, 0.717) is 13.1 Å². The Balaban J connectivity index is 1.70. The number of piperidine rings is 1. The molecule has 2 aliphatic heterocycles. The molecule has 0 aromatic carbocycles. The van der Waals surface area contributed by atoms with Crippen molar-refractivity contribution in [3.63, 3.8) is 0 Å². The first-order chi connectivity index (χ1) is 10.5. The molecule has 3 heterocycles. The van der Waals surface area contributed by atoms with Crippen molar-refractivity contribution in [1.29, 1.82) is 0 Å². The predicted octanol–water partition coefficient (Wildman–Crippen LogP) is 0.319. The Bertz CT molecular complexity index is 654. The zero-order valence-corrected chi connectivity index (χ0v) is 12.8. The van der Waals surface area contributed by atoms with Crippen LogP contribution in [0.25, 0.3) is 0 Å². The number of carbonyl (C=O) groups excluding carboxylic acids is 2. The number of hydrogen-bond donors (Lipinski definition) is 0. The molecule has 0 N–H and O–H groups in total. The van der Waals surface area contributed by atoms with E-state index in [2.05, 4.69) is 0 Å². The fourth-order valence-corrected chi connectivity index (χ4v) is 3.57. The lowest BCUT2D eigenvalue weighted by molar-refractivity contribution is -0.144. The average Bonchev–Trinajstić information content (AvgIpc) is 2.93. The van der Waals surface area contributed by atoms with E-state index in [-0.39, 0.29) is 23.9 Å². The van der Waals surface area contributed by atoms with E-state index in [1.165, 1.54) is 10.6 Å². The van der Waals surface area contributed by atoms with Crippen molar-refractivity contribution in [2.45, 2.75) is 25.8 Å². The van der Waals surface area contributed by atoms with E-state index < -0.39 is 5.41 Å². The molecule has 1 spiro atoms. The maximum atomic E-state index is 12.5. The number of hydrogen-bond acceptors (Lipinski definition) is 3. The van der Waals surface area contributed by atoms with Crippen LogP contribution in [0, 0.1) is 5.41 Å². The maximum Gasteiger partial charge on any atom is 0.250 e. The molecule has 1 atom stereocenters. The summed E-state index contributed by atoms with van der Waals surface area (Å²) in [5.41, 5.74) is -0.581. The standard InChI is InChI=1S/C16H21N3O3/c1-17-8-4-6-16(15(17)22)7-10-19(12-16)14(21)11-18-9-3-2-5-13(18)20/h2-3,5,9H,4,6-8,10-12H2,1H3/t16-/m0/s1. The van der Waals surface area contributed by atoms with Gasteiger partial charge in [-0.3, -0.25) is 14.4 Å². The van der Waals surface area contributed by atoms with Crippen molar-refractivity contribution in [1.82, 2.24) is 14.4 Å². The topological polar surface area (TPSA) is 62.6 Å². The Hall–Kier alpha value is -2.11. The highest BCUT2D eigenvalue weighted by atomic mass is 16.2. The molecule has 0 unspecified atom stereocenters. The minimum absolute atomic E-state index is 0.0415. The summed E-state index contributed by atoms with van der Waals surface area (Å²) in [6.07, 6.45) is 4.19. The van der Waals surface area contributed by atoms with Crippen LogP contribution in [-0.4, -0.2) is 52.9 Å². The van der Waals surface area contributed by atoms with Gasteiger partial charge < -0.3 is 14.4 Å². The Morgan fingerprint density at radius 2 is 2.05 bits per heavy atom. The van der Waals surface area contributed by atoms with Crippen LogP contribution in [0.3, 0.4) is 0 Å². The molecule has 2 aliphatic rings. The monoisotopic (exact) mass is 303 g/mol. The first-order valence-electron chi connectivity index (χ1n) is 7.71. The van der Waals surface area contributed by atoms with E-state index >= 15 is 0 Å². The fraction of sp³-hybridized carbons (Fsp3) is 0.562. The van der Waals surface area contributed by atoms with Gasteiger partial charge in [-0.25, -0.2) is 0 Å². The molecular weight excluding hydrogens is 282 g/mol. The summed E-state index contributed by atoms with van der Waals surface area (Å²) in [7, 11) is 1.83. The van der Waals surface area contributed by atoms with Gasteiger partial charge in [0.2, 0.25) is 11.8 Å². The Labute approximate surface area is 129 Å².